The zero-order valence-electron chi connectivity index (χ0n) is 15.7. The third-order valence-electron chi connectivity index (χ3n) is 4.02. The van der Waals surface area contributed by atoms with Crippen molar-refractivity contribution in [2.45, 2.75) is 25.9 Å². The van der Waals surface area contributed by atoms with E-state index >= 15 is 0 Å². The summed E-state index contributed by atoms with van der Waals surface area (Å²) in [6, 6.07) is 13.8. The van der Waals surface area contributed by atoms with Gasteiger partial charge in [-0.2, -0.15) is 0 Å². The first-order valence-corrected chi connectivity index (χ1v) is 9.82. The summed E-state index contributed by atoms with van der Waals surface area (Å²) >= 11 is 1.41. The normalized spacial score (nSPS) is 10.6. The van der Waals surface area contributed by atoms with Gasteiger partial charge in [0.05, 0.1) is 23.7 Å². The predicted octanol–water partition coefficient (Wildman–Crippen LogP) is 4.62. The minimum Gasteiger partial charge on any atom is -0.492 e. The fourth-order valence-electron chi connectivity index (χ4n) is 2.73. The van der Waals surface area contributed by atoms with Crippen molar-refractivity contribution in [1.82, 2.24) is 9.55 Å². The van der Waals surface area contributed by atoms with Crippen molar-refractivity contribution in [2.24, 2.45) is 0 Å². The summed E-state index contributed by atoms with van der Waals surface area (Å²) in [5.74, 6) is 0.848. The Morgan fingerprint density at radius 1 is 1.22 bits per heavy atom. The van der Waals surface area contributed by atoms with Gasteiger partial charge in [-0.15, -0.1) is 0 Å². The van der Waals surface area contributed by atoms with Crippen LogP contribution in [0.4, 0.5) is 5.69 Å². The van der Waals surface area contributed by atoms with Crippen LogP contribution >= 0.6 is 11.8 Å². The molecule has 0 unspecified atom stereocenters. The van der Waals surface area contributed by atoms with E-state index in [0.29, 0.717) is 18.0 Å². The highest BCUT2D eigenvalue weighted by Gasteiger charge is 2.12. The maximum atomic E-state index is 12.4. The molecular weight excluding hydrogens is 358 g/mol. The molecule has 1 heterocycles. The Hall–Kier alpha value is -2.73. The van der Waals surface area contributed by atoms with E-state index in [-0.39, 0.29) is 11.7 Å². The number of nitrogens with one attached hydrogen (secondary N) is 1. The van der Waals surface area contributed by atoms with Crippen LogP contribution < -0.4 is 10.1 Å². The van der Waals surface area contributed by atoms with Gasteiger partial charge in [-0.1, -0.05) is 36.0 Å². The molecule has 0 saturated heterocycles. The number of nitrogens with zero attached hydrogens (tertiary/aromatic N) is 2. The number of carbonyl (C=O) groups excluding carboxylic acids is 1. The van der Waals surface area contributed by atoms with Crippen molar-refractivity contribution in [1.29, 1.82) is 0 Å². The van der Waals surface area contributed by atoms with Gasteiger partial charge in [-0.25, -0.2) is 4.98 Å². The first-order chi connectivity index (χ1) is 13.1. The molecule has 0 radical (unpaired) electrons. The number of thioether (sulfide) groups is 1. The molecule has 0 bridgehead atoms. The molecular formula is C21H23N3O2S. The number of anilines is 1. The molecule has 140 valence electrons. The summed E-state index contributed by atoms with van der Waals surface area (Å²) in [4.78, 5) is 16.8. The fraction of sp³-hybridized carbons (Fsp3) is 0.238. The highest BCUT2D eigenvalue weighted by atomic mass is 32.2. The van der Waals surface area contributed by atoms with E-state index in [9.17, 15) is 4.79 Å². The number of ether oxygens (including phenoxy) is 1. The molecule has 1 N–H and O–H groups in total. The second-order valence-corrected chi connectivity index (χ2v) is 7.08. The molecule has 0 fully saturated rings. The van der Waals surface area contributed by atoms with Crippen LogP contribution in [0.3, 0.4) is 0 Å². The molecule has 1 amide bonds. The minimum atomic E-state index is -0.0948. The largest absolute Gasteiger partial charge is 0.492 e. The third kappa shape index (κ3) is 4.71. The van der Waals surface area contributed by atoms with Gasteiger partial charge in [-0.3, -0.25) is 9.36 Å². The Balaban J connectivity index is 1.69. The Bertz CT molecular complexity index is 937. The number of amides is 1. The quantitative estimate of drug-likeness (QED) is 0.607. The van der Waals surface area contributed by atoms with Crippen molar-refractivity contribution in [2.75, 3.05) is 17.7 Å². The molecule has 0 atom stereocenters. The van der Waals surface area contributed by atoms with Crippen LogP contribution in [0.5, 0.6) is 5.75 Å². The van der Waals surface area contributed by atoms with Crippen LogP contribution in [-0.2, 0) is 4.79 Å². The van der Waals surface area contributed by atoms with Crippen molar-refractivity contribution in [3.8, 4) is 11.4 Å². The molecule has 0 aliphatic heterocycles. The van der Waals surface area contributed by atoms with Gasteiger partial charge in [-0.05, 0) is 50.1 Å². The molecule has 6 heteroatoms. The van der Waals surface area contributed by atoms with Gasteiger partial charge in [0.1, 0.15) is 5.75 Å². The average molecular weight is 382 g/mol. The highest BCUT2D eigenvalue weighted by Crippen LogP contribution is 2.26. The van der Waals surface area contributed by atoms with E-state index in [0.717, 1.165) is 16.4 Å². The molecule has 0 spiro atoms. The summed E-state index contributed by atoms with van der Waals surface area (Å²) < 4.78 is 7.57. The van der Waals surface area contributed by atoms with E-state index in [1.54, 1.807) is 6.20 Å². The molecule has 5 nitrogen and oxygen atoms in total. The fourth-order valence-corrected chi connectivity index (χ4v) is 3.49. The van der Waals surface area contributed by atoms with Crippen molar-refractivity contribution in [3.63, 3.8) is 0 Å². The van der Waals surface area contributed by atoms with Gasteiger partial charge in [0.25, 0.3) is 0 Å². The molecule has 27 heavy (non-hydrogen) atoms. The van der Waals surface area contributed by atoms with Crippen molar-refractivity contribution < 1.29 is 9.53 Å². The zero-order valence-corrected chi connectivity index (χ0v) is 16.5. The molecule has 2 aromatic carbocycles. The molecule has 0 aliphatic carbocycles. The van der Waals surface area contributed by atoms with Crippen LogP contribution in [0.1, 0.15) is 18.1 Å². The van der Waals surface area contributed by atoms with Gasteiger partial charge < -0.3 is 10.1 Å². The van der Waals surface area contributed by atoms with Gasteiger partial charge in [0, 0.05) is 12.4 Å². The Morgan fingerprint density at radius 2 is 2.04 bits per heavy atom. The predicted molar refractivity (Wildman–Crippen MR) is 110 cm³/mol. The van der Waals surface area contributed by atoms with Crippen LogP contribution in [0.25, 0.3) is 5.69 Å². The summed E-state index contributed by atoms with van der Waals surface area (Å²) in [6.07, 6.45) is 3.68. The molecule has 3 rings (SSSR count). The minimum absolute atomic E-state index is 0.0948. The maximum absolute atomic E-state index is 12.4. The lowest BCUT2D eigenvalue weighted by atomic mass is 10.1. The number of hydrogen-bond donors (Lipinski definition) is 1. The lowest BCUT2D eigenvalue weighted by molar-refractivity contribution is -0.113. The first kappa shape index (κ1) is 19.0. The van der Waals surface area contributed by atoms with Gasteiger partial charge in [0.2, 0.25) is 5.91 Å². The SMILES string of the molecule is CCOc1ccccc1NC(=O)CSc1nccn1-c1cc(C)ccc1C. The number of aromatic nitrogens is 2. The summed E-state index contributed by atoms with van der Waals surface area (Å²) in [5.41, 5.74) is 4.11. The number of aryl methyl sites for hydroxylation is 2. The number of hydrogen-bond acceptors (Lipinski definition) is 4. The number of benzene rings is 2. The molecule has 3 aromatic rings. The Labute approximate surface area is 163 Å². The maximum Gasteiger partial charge on any atom is 0.234 e. The van der Waals surface area contributed by atoms with Crippen molar-refractivity contribution >= 4 is 23.4 Å². The first-order valence-electron chi connectivity index (χ1n) is 8.84. The highest BCUT2D eigenvalue weighted by molar-refractivity contribution is 7.99. The monoisotopic (exact) mass is 381 g/mol. The van der Waals surface area contributed by atoms with Crippen LogP contribution in [0, 0.1) is 13.8 Å². The van der Waals surface area contributed by atoms with Crippen LogP contribution in [0.15, 0.2) is 60.0 Å². The molecule has 0 aliphatic rings. The Morgan fingerprint density at radius 3 is 2.85 bits per heavy atom. The zero-order chi connectivity index (χ0) is 19.2. The van der Waals surface area contributed by atoms with E-state index in [4.69, 9.17) is 4.74 Å². The van der Waals surface area contributed by atoms with E-state index in [1.807, 2.05) is 42.0 Å². The topological polar surface area (TPSA) is 56.1 Å². The number of imidazole rings is 1. The third-order valence-corrected chi connectivity index (χ3v) is 4.99. The number of rotatable bonds is 7. The smallest absolute Gasteiger partial charge is 0.234 e. The molecule has 1 aromatic heterocycles. The summed E-state index contributed by atoms with van der Waals surface area (Å²) in [7, 11) is 0. The Kier molecular flexibility index (Phi) is 6.19. The van der Waals surface area contributed by atoms with Gasteiger partial charge >= 0.3 is 0 Å². The standard InChI is InChI=1S/C21H23N3O2S/c1-4-26-19-8-6-5-7-17(19)23-20(25)14-27-21-22-11-12-24(21)18-13-15(2)9-10-16(18)3/h5-13H,4,14H2,1-3H3,(H,23,25). The summed E-state index contributed by atoms with van der Waals surface area (Å²) in [6.45, 7) is 6.60. The molecule has 0 saturated carbocycles. The lowest BCUT2D eigenvalue weighted by Crippen LogP contribution is -2.15. The van der Waals surface area contributed by atoms with E-state index in [2.05, 4.69) is 42.3 Å². The van der Waals surface area contributed by atoms with E-state index < -0.39 is 0 Å². The van der Waals surface area contributed by atoms with Crippen LogP contribution in [0.2, 0.25) is 0 Å². The number of carbonyl (C=O) groups is 1. The second kappa shape index (κ2) is 8.77. The van der Waals surface area contributed by atoms with Gasteiger partial charge in [0.15, 0.2) is 5.16 Å². The van der Waals surface area contributed by atoms with Crippen LogP contribution in [-0.4, -0.2) is 27.8 Å². The lowest BCUT2D eigenvalue weighted by Gasteiger charge is -2.12. The van der Waals surface area contributed by atoms with Crippen molar-refractivity contribution in [3.05, 3.63) is 66.0 Å². The average Bonchev–Trinajstić information content (AvgIpc) is 3.12. The summed E-state index contributed by atoms with van der Waals surface area (Å²) in [5, 5.41) is 3.70. The van der Waals surface area contributed by atoms with E-state index in [1.165, 1.54) is 17.3 Å². The second-order valence-electron chi connectivity index (χ2n) is 6.14. The number of para-hydroxylation sites is 2.